The first-order valence-corrected chi connectivity index (χ1v) is 12.6. The second-order valence-electron chi connectivity index (χ2n) is 10.9. The first-order chi connectivity index (χ1) is 16.1. The van der Waals surface area contributed by atoms with Crippen LogP contribution in [-0.2, 0) is 14.2 Å². The van der Waals surface area contributed by atoms with E-state index < -0.39 is 23.3 Å². The number of likely N-dealkylation sites (tertiary alicyclic amines) is 1. The molecule has 0 atom stereocenters. The van der Waals surface area contributed by atoms with Crippen LogP contribution in [0.3, 0.4) is 0 Å². The van der Waals surface area contributed by atoms with Gasteiger partial charge in [0.15, 0.2) is 0 Å². The molecule has 3 rings (SSSR count). The summed E-state index contributed by atoms with van der Waals surface area (Å²) >= 11 is 1.54. The third-order valence-electron chi connectivity index (χ3n) is 5.59. The van der Waals surface area contributed by atoms with E-state index in [0.29, 0.717) is 29.7 Å². The van der Waals surface area contributed by atoms with Crippen molar-refractivity contribution >= 4 is 45.3 Å². The third kappa shape index (κ3) is 5.89. The van der Waals surface area contributed by atoms with Crippen LogP contribution in [0.1, 0.15) is 88.2 Å². The van der Waals surface area contributed by atoms with E-state index in [0.717, 1.165) is 22.4 Å². The standard InChI is InChI=1S/C26H36N2O6S/c1-15(2)19-20(22(29)32-9)28(24(31)34-26(6,7)8)17-14-18(35-21(17)19)16-10-12-27(13-11-16)23(30)33-25(3,4)5/h14,16H,1,10-13H2,2-9H3. The predicted molar refractivity (Wildman–Crippen MR) is 137 cm³/mol. The molecule has 2 aromatic heterocycles. The highest BCUT2D eigenvalue weighted by Gasteiger charge is 2.34. The Morgan fingerprint density at radius 3 is 2.03 bits per heavy atom. The summed E-state index contributed by atoms with van der Waals surface area (Å²) in [7, 11) is 1.29. The zero-order valence-electron chi connectivity index (χ0n) is 21.9. The molecule has 1 saturated heterocycles. The highest BCUT2D eigenvalue weighted by molar-refractivity contribution is 7.19. The molecule has 0 radical (unpaired) electrons. The lowest BCUT2D eigenvalue weighted by Gasteiger charge is -2.33. The van der Waals surface area contributed by atoms with Crippen molar-refractivity contribution < 1.29 is 28.6 Å². The molecule has 1 amide bonds. The van der Waals surface area contributed by atoms with Gasteiger partial charge >= 0.3 is 18.2 Å². The number of piperidine rings is 1. The van der Waals surface area contributed by atoms with Crippen LogP contribution in [0, 0.1) is 0 Å². The van der Waals surface area contributed by atoms with Crippen LogP contribution < -0.4 is 0 Å². The van der Waals surface area contributed by atoms with E-state index in [-0.39, 0.29) is 17.7 Å². The number of rotatable bonds is 3. The van der Waals surface area contributed by atoms with Crippen LogP contribution in [-0.4, -0.2) is 59.0 Å². The van der Waals surface area contributed by atoms with Gasteiger partial charge < -0.3 is 19.1 Å². The van der Waals surface area contributed by atoms with Crippen molar-refractivity contribution in [3.05, 3.63) is 28.8 Å². The van der Waals surface area contributed by atoms with Gasteiger partial charge in [0.2, 0.25) is 0 Å². The van der Waals surface area contributed by atoms with Crippen LogP contribution in [0.4, 0.5) is 9.59 Å². The maximum atomic E-state index is 13.2. The number of fused-ring (bicyclic) bond motifs is 1. The SMILES string of the molecule is C=C(C)c1c(C(=O)OC)n(C(=O)OC(C)(C)C)c2cc(C3CCN(C(=O)OC(C)(C)C)CC3)sc12. The molecule has 1 fully saturated rings. The number of carbonyl (C=O) groups excluding carboxylic acids is 3. The number of hydrogen-bond donors (Lipinski definition) is 0. The van der Waals surface area contributed by atoms with Gasteiger partial charge in [-0.2, -0.15) is 0 Å². The molecule has 0 bridgehead atoms. The summed E-state index contributed by atoms with van der Waals surface area (Å²) < 4.78 is 18.3. The summed E-state index contributed by atoms with van der Waals surface area (Å²) in [5.74, 6) is -0.401. The third-order valence-corrected chi connectivity index (χ3v) is 6.89. The summed E-state index contributed by atoms with van der Waals surface area (Å²) in [4.78, 5) is 41.2. The predicted octanol–water partition coefficient (Wildman–Crippen LogP) is 6.42. The Balaban J connectivity index is 1.98. The largest absolute Gasteiger partial charge is 0.464 e. The highest BCUT2D eigenvalue weighted by Crippen LogP contribution is 2.42. The fourth-order valence-electron chi connectivity index (χ4n) is 4.14. The van der Waals surface area contributed by atoms with Crippen molar-refractivity contribution in [2.24, 2.45) is 0 Å². The van der Waals surface area contributed by atoms with Gasteiger partial charge in [-0.05, 0) is 78.9 Å². The van der Waals surface area contributed by atoms with Crippen molar-refractivity contribution in [1.29, 1.82) is 0 Å². The van der Waals surface area contributed by atoms with Crippen LogP contribution in [0.5, 0.6) is 0 Å². The minimum absolute atomic E-state index is 0.127. The molecule has 3 heterocycles. The molecular formula is C26H36N2O6S. The van der Waals surface area contributed by atoms with Gasteiger partial charge in [0.1, 0.15) is 16.9 Å². The van der Waals surface area contributed by atoms with Gasteiger partial charge in [0, 0.05) is 23.5 Å². The van der Waals surface area contributed by atoms with E-state index >= 15 is 0 Å². The summed E-state index contributed by atoms with van der Waals surface area (Å²) in [6.45, 7) is 18.0. The minimum atomic E-state index is -0.738. The number of amides is 1. The Bertz CT molecular complexity index is 1150. The number of hydrogen-bond acceptors (Lipinski definition) is 7. The van der Waals surface area contributed by atoms with Crippen molar-refractivity contribution in [3.8, 4) is 0 Å². The van der Waals surface area contributed by atoms with E-state index in [1.54, 1.807) is 43.9 Å². The lowest BCUT2D eigenvalue weighted by atomic mass is 9.95. The number of aromatic nitrogens is 1. The topological polar surface area (TPSA) is 87.1 Å². The van der Waals surface area contributed by atoms with Gasteiger partial charge in [-0.15, -0.1) is 11.3 Å². The van der Waals surface area contributed by atoms with Crippen LogP contribution in [0.2, 0.25) is 0 Å². The van der Waals surface area contributed by atoms with Gasteiger partial charge in [-0.25, -0.2) is 19.0 Å². The molecule has 0 spiro atoms. The molecule has 0 aromatic carbocycles. The molecule has 35 heavy (non-hydrogen) atoms. The van der Waals surface area contributed by atoms with Gasteiger partial charge in [-0.1, -0.05) is 6.58 Å². The Labute approximate surface area is 210 Å². The van der Waals surface area contributed by atoms with E-state index in [1.165, 1.54) is 11.7 Å². The smallest absolute Gasteiger partial charge is 0.419 e. The van der Waals surface area contributed by atoms with E-state index in [2.05, 4.69) is 6.58 Å². The number of ether oxygens (including phenoxy) is 3. The van der Waals surface area contributed by atoms with Gasteiger partial charge in [0.05, 0.1) is 17.3 Å². The summed E-state index contributed by atoms with van der Waals surface area (Å²) in [6, 6.07) is 1.95. The Morgan fingerprint density at radius 1 is 1.00 bits per heavy atom. The zero-order chi connectivity index (χ0) is 26.3. The minimum Gasteiger partial charge on any atom is -0.464 e. The molecule has 0 N–H and O–H groups in total. The number of methoxy groups -OCH3 is 1. The summed E-state index contributed by atoms with van der Waals surface area (Å²) in [5.41, 5.74) is 0.716. The number of esters is 1. The Kier molecular flexibility index (Phi) is 7.41. The molecule has 9 heteroatoms. The highest BCUT2D eigenvalue weighted by atomic mass is 32.1. The Morgan fingerprint density at radius 2 is 1.54 bits per heavy atom. The van der Waals surface area contributed by atoms with Crippen LogP contribution in [0.25, 0.3) is 15.8 Å². The van der Waals surface area contributed by atoms with Gasteiger partial charge in [0.25, 0.3) is 0 Å². The van der Waals surface area contributed by atoms with Crippen LogP contribution in [0.15, 0.2) is 12.6 Å². The van der Waals surface area contributed by atoms with Crippen LogP contribution >= 0.6 is 11.3 Å². The van der Waals surface area contributed by atoms with Crippen molar-refractivity contribution in [3.63, 3.8) is 0 Å². The molecule has 1 aliphatic heterocycles. The number of nitrogens with zero attached hydrogens (tertiary/aromatic N) is 2. The first kappa shape index (κ1) is 26.8. The average Bonchev–Trinajstić information content (AvgIpc) is 3.27. The second kappa shape index (κ2) is 9.68. The summed E-state index contributed by atoms with van der Waals surface area (Å²) in [6.07, 6.45) is 0.623. The first-order valence-electron chi connectivity index (χ1n) is 11.8. The molecule has 0 aliphatic carbocycles. The quantitative estimate of drug-likeness (QED) is 0.354. The Hall–Kier alpha value is -2.81. The second-order valence-corrected chi connectivity index (χ2v) is 12.0. The molecule has 2 aromatic rings. The monoisotopic (exact) mass is 504 g/mol. The lowest BCUT2D eigenvalue weighted by molar-refractivity contribution is 0.0205. The maximum absolute atomic E-state index is 13.2. The fourth-order valence-corrected chi connectivity index (χ4v) is 5.58. The zero-order valence-corrected chi connectivity index (χ0v) is 22.8. The molecule has 1 aliphatic rings. The van der Waals surface area contributed by atoms with Crippen molar-refractivity contribution in [1.82, 2.24) is 9.47 Å². The molecule has 192 valence electrons. The van der Waals surface area contributed by atoms with E-state index in [9.17, 15) is 14.4 Å². The van der Waals surface area contributed by atoms with Gasteiger partial charge in [-0.3, -0.25) is 0 Å². The number of thiophene rings is 1. The lowest BCUT2D eigenvalue weighted by Crippen LogP contribution is -2.41. The molecular weight excluding hydrogens is 468 g/mol. The van der Waals surface area contributed by atoms with Crippen molar-refractivity contribution in [2.75, 3.05) is 20.2 Å². The summed E-state index contributed by atoms with van der Waals surface area (Å²) in [5, 5.41) is 0. The maximum Gasteiger partial charge on any atom is 0.419 e. The van der Waals surface area contributed by atoms with E-state index in [1.807, 2.05) is 26.8 Å². The number of allylic oxidation sites excluding steroid dienone is 1. The molecule has 0 unspecified atom stereocenters. The molecule has 8 nitrogen and oxygen atoms in total. The van der Waals surface area contributed by atoms with E-state index in [4.69, 9.17) is 14.2 Å². The van der Waals surface area contributed by atoms with Crippen molar-refractivity contribution in [2.45, 2.75) is 78.4 Å². The molecule has 0 saturated carbocycles. The number of carbonyl (C=O) groups is 3. The normalized spacial score (nSPS) is 15.3. The average molecular weight is 505 g/mol. The fraction of sp³-hybridized carbons (Fsp3) is 0.577.